The topological polar surface area (TPSA) is 74.2 Å². The molecular formula is C12H15N3O2. The number of amides is 1. The van der Waals surface area contributed by atoms with Crippen LogP contribution in [0.5, 0.6) is 0 Å². The van der Waals surface area contributed by atoms with Crippen molar-refractivity contribution in [3.63, 3.8) is 0 Å². The fourth-order valence-corrected chi connectivity index (χ4v) is 1.16. The first-order valence-electron chi connectivity index (χ1n) is 5.16. The van der Waals surface area contributed by atoms with Gasteiger partial charge < -0.3 is 4.74 Å². The summed E-state index contributed by atoms with van der Waals surface area (Å²) in [5.74, 6) is 0. The monoisotopic (exact) mass is 233 g/mol. The van der Waals surface area contributed by atoms with Crippen LogP contribution >= 0.6 is 0 Å². The second-order valence-electron chi connectivity index (χ2n) is 4.44. The Morgan fingerprint density at radius 3 is 2.59 bits per heavy atom. The Morgan fingerprint density at radius 2 is 2.00 bits per heavy atom. The lowest BCUT2D eigenvalue weighted by Gasteiger charge is -2.19. The van der Waals surface area contributed by atoms with Gasteiger partial charge in [0.05, 0.1) is 0 Å². The lowest BCUT2D eigenvalue weighted by atomic mass is 10.2. The number of anilines is 2. The minimum Gasteiger partial charge on any atom is -0.444 e. The molecule has 0 aliphatic heterocycles. The molecule has 1 aromatic rings. The first kappa shape index (κ1) is 12.8. The standard InChI is InChI=1S/C12H15N3O2/c1-12(2,3)17-11(16)15-10-6-4-5-9(7-10)14-8-13/h4-7,14H,1-3H3,(H,15,16). The van der Waals surface area contributed by atoms with Gasteiger partial charge in [-0.15, -0.1) is 0 Å². The van der Waals surface area contributed by atoms with Gasteiger partial charge in [-0.1, -0.05) is 6.07 Å². The molecule has 0 saturated carbocycles. The van der Waals surface area contributed by atoms with Gasteiger partial charge in [0, 0.05) is 11.4 Å². The van der Waals surface area contributed by atoms with Gasteiger partial charge in [-0.05, 0) is 39.0 Å². The maximum absolute atomic E-state index is 11.5. The molecule has 1 rings (SSSR count). The highest BCUT2D eigenvalue weighted by atomic mass is 16.6. The zero-order chi connectivity index (χ0) is 12.9. The van der Waals surface area contributed by atoms with Gasteiger partial charge >= 0.3 is 6.09 Å². The molecular weight excluding hydrogens is 218 g/mol. The molecule has 17 heavy (non-hydrogen) atoms. The molecule has 2 N–H and O–H groups in total. The minimum atomic E-state index is -0.535. The highest BCUT2D eigenvalue weighted by Crippen LogP contribution is 2.16. The normalized spacial score (nSPS) is 10.2. The van der Waals surface area contributed by atoms with Crippen molar-refractivity contribution in [2.45, 2.75) is 26.4 Å². The van der Waals surface area contributed by atoms with Crippen LogP contribution in [0.2, 0.25) is 0 Å². The van der Waals surface area contributed by atoms with E-state index in [0.717, 1.165) is 0 Å². The van der Waals surface area contributed by atoms with E-state index in [1.165, 1.54) is 0 Å². The lowest BCUT2D eigenvalue weighted by molar-refractivity contribution is 0.0636. The summed E-state index contributed by atoms with van der Waals surface area (Å²) in [5.41, 5.74) is 0.646. The van der Waals surface area contributed by atoms with Crippen LogP contribution in [0.1, 0.15) is 20.8 Å². The molecule has 5 nitrogen and oxygen atoms in total. The molecule has 0 aliphatic carbocycles. The Kier molecular flexibility index (Phi) is 3.94. The van der Waals surface area contributed by atoms with Crippen LogP contribution < -0.4 is 10.6 Å². The fraction of sp³-hybridized carbons (Fsp3) is 0.333. The number of carbonyl (C=O) groups is 1. The molecule has 1 aromatic carbocycles. The van der Waals surface area contributed by atoms with Crippen LogP contribution in [0.15, 0.2) is 24.3 Å². The molecule has 1 amide bonds. The van der Waals surface area contributed by atoms with E-state index in [-0.39, 0.29) is 0 Å². The van der Waals surface area contributed by atoms with E-state index in [9.17, 15) is 4.79 Å². The largest absolute Gasteiger partial charge is 0.444 e. The summed E-state index contributed by atoms with van der Waals surface area (Å²) in [7, 11) is 0. The van der Waals surface area contributed by atoms with Gasteiger partial charge in [-0.3, -0.25) is 10.6 Å². The Hall–Kier alpha value is -2.22. The summed E-state index contributed by atoms with van der Waals surface area (Å²) in [4.78, 5) is 11.5. The van der Waals surface area contributed by atoms with E-state index < -0.39 is 11.7 Å². The fourth-order valence-electron chi connectivity index (χ4n) is 1.16. The third kappa shape index (κ3) is 4.89. The number of benzene rings is 1. The number of hydrogen-bond acceptors (Lipinski definition) is 4. The predicted molar refractivity (Wildman–Crippen MR) is 65.5 cm³/mol. The van der Waals surface area contributed by atoms with Gasteiger partial charge in [-0.25, -0.2) is 4.79 Å². The summed E-state index contributed by atoms with van der Waals surface area (Å²) < 4.78 is 5.11. The maximum atomic E-state index is 11.5. The molecule has 0 spiro atoms. The molecule has 0 fully saturated rings. The number of nitriles is 1. The molecule has 0 saturated heterocycles. The molecule has 0 aliphatic rings. The zero-order valence-corrected chi connectivity index (χ0v) is 10.1. The molecule has 90 valence electrons. The third-order valence-electron chi connectivity index (χ3n) is 1.71. The van der Waals surface area contributed by atoms with Gasteiger partial charge in [0.25, 0.3) is 0 Å². The summed E-state index contributed by atoms with van der Waals surface area (Å²) in [6, 6.07) is 6.81. The smallest absolute Gasteiger partial charge is 0.412 e. The van der Waals surface area contributed by atoms with Crippen LogP contribution in [0, 0.1) is 11.5 Å². The van der Waals surface area contributed by atoms with E-state index in [4.69, 9.17) is 10.00 Å². The summed E-state index contributed by atoms with van der Waals surface area (Å²) >= 11 is 0. The number of hydrogen-bond donors (Lipinski definition) is 2. The van der Waals surface area contributed by atoms with Crippen LogP contribution in [0.4, 0.5) is 16.2 Å². The Labute approximate surface area is 100 Å². The molecule has 5 heteroatoms. The van der Waals surface area contributed by atoms with Crippen molar-refractivity contribution in [2.75, 3.05) is 10.6 Å². The second kappa shape index (κ2) is 5.21. The van der Waals surface area contributed by atoms with Crippen molar-refractivity contribution in [1.82, 2.24) is 0 Å². The molecule has 0 aromatic heterocycles. The van der Waals surface area contributed by atoms with E-state index in [1.54, 1.807) is 45.0 Å². The first-order chi connectivity index (χ1) is 7.90. The Morgan fingerprint density at radius 1 is 1.35 bits per heavy atom. The van der Waals surface area contributed by atoms with E-state index in [0.29, 0.717) is 11.4 Å². The van der Waals surface area contributed by atoms with Crippen LogP contribution in [-0.2, 0) is 4.74 Å². The number of ether oxygens (including phenoxy) is 1. The third-order valence-corrected chi connectivity index (χ3v) is 1.71. The van der Waals surface area contributed by atoms with Crippen LogP contribution in [0.3, 0.4) is 0 Å². The minimum absolute atomic E-state index is 0.522. The quantitative estimate of drug-likeness (QED) is 0.608. The summed E-state index contributed by atoms with van der Waals surface area (Å²) in [6.07, 6.45) is 1.29. The second-order valence-corrected chi connectivity index (χ2v) is 4.44. The van der Waals surface area contributed by atoms with Crippen LogP contribution in [-0.4, -0.2) is 11.7 Å². The number of carbonyl (C=O) groups excluding carboxylic acids is 1. The summed E-state index contributed by atoms with van der Waals surface area (Å²) in [6.45, 7) is 5.38. The van der Waals surface area contributed by atoms with Crippen molar-refractivity contribution < 1.29 is 9.53 Å². The SMILES string of the molecule is CC(C)(C)OC(=O)Nc1cccc(NC#N)c1. The Bertz CT molecular complexity index is 444. The lowest BCUT2D eigenvalue weighted by Crippen LogP contribution is -2.27. The van der Waals surface area contributed by atoms with E-state index >= 15 is 0 Å². The van der Waals surface area contributed by atoms with Crippen molar-refractivity contribution in [1.29, 1.82) is 5.26 Å². The molecule has 0 heterocycles. The van der Waals surface area contributed by atoms with Crippen molar-refractivity contribution >= 4 is 17.5 Å². The van der Waals surface area contributed by atoms with Crippen LogP contribution in [0.25, 0.3) is 0 Å². The predicted octanol–water partition coefficient (Wildman–Crippen LogP) is 2.93. The average Bonchev–Trinajstić information content (AvgIpc) is 2.15. The van der Waals surface area contributed by atoms with E-state index in [2.05, 4.69) is 10.6 Å². The number of rotatable bonds is 2. The van der Waals surface area contributed by atoms with Gasteiger partial charge in [0.1, 0.15) is 5.60 Å². The highest BCUT2D eigenvalue weighted by Gasteiger charge is 2.16. The maximum Gasteiger partial charge on any atom is 0.412 e. The van der Waals surface area contributed by atoms with Gasteiger partial charge in [0.15, 0.2) is 6.19 Å². The molecule has 0 radical (unpaired) electrons. The van der Waals surface area contributed by atoms with Crippen molar-refractivity contribution in [2.24, 2.45) is 0 Å². The first-order valence-corrected chi connectivity index (χ1v) is 5.16. The Balaban J connectivity index is 2.66. The average molecular weight is 233 g/mol. The van der Waals surface area contributed by atoms with Gasteiger partial charge in [-0.2, -0.15) is 5.26 Å². The highest BCUT2D eigenvalue weighted by molar-refractivity contribution is 5.85. The number of nitrogens with zero attached hydrogens (tertiary/aromatic N) is 1. The van der Waals surface area contributed by atoms with Gasteiger partial charge in [0.2, 0.25) is 0 Å². The summed E-state index contributed by atoms with van der Waals surface area (Å²) in [5, 5.41) is 13.5. The molecule has 0 unspecified atom stereocenters. The number of nitrogens with one attached hydrogen (secondary N) is 2. The molecule has 0 bridgehead atoms. The zero-order valence-electron chi connectivity index (χ0n) is 10.1. The van der Waals surface area contributed by atoms with E-state index in [1.807, 2.05) is 6.19 Å². The van der Waals surface area contributed by atoms with Crippen molar-refractivity contribution in [3.05, 3.63) is 24.3 Å². The van der Waals surface area contributed by atoms with Crippen molar-refractivity contribution in [3.8, 4) is 6.19 Å². The molecule has 0 atom stereocenters.